The Balaban J connectivity index is 2.89. The molecule has 0 amide bonds. The van der Waals surface area contributed by atoms with Crippen molar-refractivity contribution in [3.63, 3.8) is 0 Å². The van der Waals surface area contributed by atoms with E-state index in [0.717, 1.165) is 19.4 Å². The van der Waals surface area contributed by atoms with Gasteiger partial charge in [0.05, 0.1) is 25.9 Å². The molecule has 1 unspecified atom stereocenters. The molecule has 0 aliphatic carbocycles. The van der Waals surface area contributed by atoms with E-state index in [2.05, 4.69) is 12.0 Å². The van der Waals surface area contributed by atoms with Crippen molar-refractivity contribution < 1.29 is 9.53 Å². The summed E-state index contributed by atoms with van der Waals surface area (Å²) in [6, 6.07) is -0.487. The standard InChI is InChI=1S/C14H26N4O2/c1-5-6-7-11(15)14(19)13-12(20-4)10-16-18(13)9-8-17(2)3/h10-11H,5-9,15H2,1-4H3. The summed E-state index contributed by atoms with van der Waals surface area (Å²) in [4.78, 5) is 14.5. The Labute approximate surface area is 120 Å². The molecule has 6 heteroatoms. The summed E-state index contributed by atoms with van der Waals surface area (Å²) >= 11 is 0. The van der Waals surface area contributed by atoms with Gasteiger partial charge >= 0.3 is 0 Å². The number of unbranched alkanes of at least 4 members (excludes halogenated alkanes) is 1. The van der Waals surface area contributed by atoms with E-state index in [1.807, 2.05) is 19.0 Å². The number of hydrogen-bond acceptors (Lipinski definition) is 5. The van der Waals surface area contributed by atoms with Gasteiger partial charge in [-0.25, -0.2) is 0 Å². The predicted molar refractivity (Wildman–Crippen MR) is 79.2 cm³/mol. The molecule has 2 N–H and O–H groups in total. The number of carbonyl (C=O) groups excluding carboxylic acids is 1. The van der Waals surface area contributed by atoms with Gasteiger partial charge in [0.2, 0.25) is 5.78 Å². The van der Waals surface area contributed by atoms with Crippen LogP contribution in [0.15, 0.2) is 6.20 Å². The molecule has 1 atom stereocenters. The normalized spacial score (nSPS) is 12.7. The van der Waals surface area contributed by atoms with E-state index in [0.29, 0.717) is 24.4 Å². The van der Waals surface area contributed by atoms with Crippen LogP contribution in [0, 0.1) is 0 Å². The quantitative estimate of drug-likeness (QED) is 0.688. The molecule has 0 spiro atoms. The Morgan fingerprint density at radius 3 is 2.80 bits per heavy atom. The van der Waals surface area contributed by atoms with E-state index in [4.69, 9.17) is 10.5 Å². The monoisotopic (exact) mass is 282 g/mol. The first kappa shape index (κ1) is 16.7. The van der Waals surface area contributed by atoms with Crippen LogP contribution in [0.5, 0.6) is 5.75 Å². The number of ether oxygens (including phenoxy) is 1. The number of nitrogens with zero attached hydrogens (tertiary/aromatic N) is 3. The van der Waals surface area contributed by atoms with E-state index in [1.165, 1.54) is 0 Å². The molecule has 20 heavy (non-hydrogen) atoms. The number of likely N-dealkylation sites (N-methyl/N-ethyl adjacent to an activating group) is 1. The van der Waals surface area contributed by atoms with E-state index in [-0.39, 0.29) is 5.78 Å². The molecule has 0 aliphatic rings. The van der Waals surface area contributed by atoms with Gasteiger partial charge in [-0.05, 0) is 20.5 Å². The summed E-state index contributed by atoms with van der Waals surface area (Å²) in [6.07, 6.45) is 4.24. The molecule has 0 saturated carbocycles. The van der Waals surface area contributed by atoms with Crippen LogP contribution in [0.1, 0.15) is 36.7 Å². The van der Waals surface area contributed by atoms with Crippen molar-refractivity contribution in [2.24, 2.45) is 5.73 Å². The van der Waals surface area contributed by atoms with E-state index >= 15 is 0 Å². The third kappa shape index (κ3) is 4.31. The fourth-order valence-electron chi connectivity index (χ4n) is 1.96. The summed E-state index contributed by atoms with van der Waals surface area (Å²) in [5.74, 6) is 0.410. The molecule has 1 rings (SSSR count). The number of hydrogen-bond donors (Lipinski definition) is 1. The molecular weight excluding hydrogens is 256 g/mol. The second-order valence-electron chi connectivity index (χ2n) is 5.20. The van der Waals surface area contributed by atoms with Crippen LogP contribution in [0.4, 0.5) is 0 Å². The van der Waals surface area contributed by atoms with Gasteiger partial charge in [0, 0.05) is 6.54 Å². The molecule has 1 aromatic heterocycles. The van der Waals surface area contributed by atoms with Gasteiger partial charge < -0.3 is 15.4 Å². The number of ketones is 1. The zero-order valence-corrected chi connectivity index (χ0v) is 12.9. The zero-order valence-electron chi connectivity index (χ0n) is 12.9. The van der Waals surface area contributed by atoms with Crippen LogP contribution in [0.25, 0.3) is 0 Å². The van der Waals surface area contributed by atoms with Crippen molar-refractivity contribution in [3.05, 3.63) is 11.9 Å². The maximum Gasteiger partial charge on any atom is 0.201 e. The highest BCUT2D eigenvalue weighted by molar-refractivity contribution is 6.00. The van der Waals surface area contributed by atoms with E-state index in [9.17, 15) is 4.79 Å². The lowest BCUT2D eigenvalue weighted by molar-refractivity contribution is 0.0941. The summed E-state index contributed by atoms with van der Waals surface area (Å²) in [7, 11) is 5.51. The van der Waals surface area contributed by atoms with Crippen molar-refractivity contribution in [2.45, 2.75) is 38.8 Å². The van der Waals surface area contributed by atoms with Crippen LogP contribution in [0.2, 0.25) is 0 Å². The van der Waals surface area contributed by atoms with Crippen molar-refractivity contribution in [1.29, 1.82) is 0 Å². The van der Waals surface area contributed by atoms with Crippen LogP contribution in [-0.2, 0) is 6.54 Å². The molecule has 0 aromatic carbocycles. The number of aromatic nitrogens is 2. The maximum absolute atomic E-state index is 12.5. The van der Waals surface area contributed by atoms with Gasteiger partial charge in [-0.3, -0.25) is 9.48 Å². The molecular formula is C14H26N4O2. The van der Waals surface area contributed by atoms with Crippen LogP contribution >= 0.6 is 0 Å². The predicted octanol–water partition coefficient (Wildman–Crippen LogP) is 1.15. The summed E-state index contributed by atoms with van der Waals surface area (Å²) in [5, 5.41) is 4.23. The van der Waals surface area contributed by atoms with Crippen LogP contribution in [0.3, 0.4) is 0 Å². The lowest BCUT2D eigenvalue weighted by Crippen LogP contribution is -2.33. The number of methoxy groups -OCH3 is 1. The lowest BCUT2D eigenvalue weighted by Gasteiger charge is -2.15. The second-order valence-corrected chi connectivity index (χ2v) is 5.20. The molecule has 114 valence electrons. The minimum absolute atomic E-state index is 0.0912. The smallest absolute Gasteiger partial charge is 0.201 e. The average molecular weight is 282 g/mol. The molecule has 0 bridgehead atoms. The van der Waals surface area contributed by atoms with Gasteiger partial charge in [0.25, 0.3) is 0 Å². The first-order valence-corrected chi connectivity index (χ1v) is 7.05. The zero-order chi connectivity index (χ0) is 15.1. The first-order valence-electron chi connectivity index (χ1n) is 7.05. The van der Waals surface area contributed by atoms with Crippen LogP contribution in [-0.4, -0.2) is 54.3 Å². The molecule has 6 nitrogen and oxygen atoms in total. The Kier molecular flexibility index (Phi) is 6.67. The van der Waals surface area contributed by atoms with Gasteiger partial charge in [-0.1, -0.05) is 19.8 Å². The van der Waals surface area contributed by atoms with Crippen molar-refractivity contribution in [1.82, 2.24) is 14.7 Å². The molecule has 0 radical (unpaired) electrons. The van der Waals surface area contributed by atoms with Gasteiger partial charge in [0.15, 0.2) is 5.75 Å². The van der Waals surface area contributed by atoms with Crippen molar-refractivity contribution in [3.8, 4) is 5.75 Å². The van der Waals surface area contributed by atoms with Crippen molar-refractivity contribution >= 4 is 5.78 Å². The molecule has 1 aromatic rings. The lowest BCUT2D eigenvalue weighted by atomic mass is 10.0. The fraction of sp³-hybridized carbons (Fsp3) is 0.714. The molecule has 0 aliphatic heterocycles. The topological polar surface area (TPSA) is 73.4 Å². The third-order valence-electron chi connectivity index (χ3n) is 3.22. The minimum atomic E-state index is -0.487. The van der Waals surface area contributed by atoms with Crippen LogP contribution < -0.4 is 10.5 Å². The minimum Gasteiger partial charge on any atom is -0.493 e. The summed E-state index contributed by atoms with van der Waals surface area (Å²) in [5.41, 5.74) is 6.47. The second kappa shape index (κ2) is 8.01. The van der Waals surface area contributed by atoms with E-state index < -0.39 is 6.04 Å². The number of Topliss-reactive ketones (excluding diaryl/α,β-unsaturated/α-hetero) is 1. The highest BCUT2D eigenvalue weighted by atomic mass is 16.5. The Hall–Kier alpha value is -1.40. The SMILES string of the molecule is CCCCC(N)C(=O)c1c(OC)cnn1CCN(C)C. The molecule has 0 saturated heterocycles. The van der Waals surface area contributed by atoms with Gasteiger partial charge in [-0.15, -0.1) is 0 Å². The highest BCUT2D eigenvalue weighted by Gasteiger charge is 2.24. The largest absolute Gasteiger partial charge is 0.493 e. The van der Waals surface area contributed by atoms with E-state index in [1.54, 1.807) is 18.0 Å². The summed E-state index contributed by atoms with van der Waals surface area (Å²) < 4.78 is 6.92. The Morgan fingerprint density at radius 2 is 2.25 bits per heavy atom. The van der Waals surface area contributed by atoms with Gasteiger partial charge in [0.1, 0.15) is 5.69 Å². The fourth-order valence-corrected chi connectivity index (χ4v) is 1.96. The Bertz CT molecular complexity index is 429. The number of rotatable bonds is 9. The third-order valence-corrected chi connectivity index (χ3v) is 3.22. The van der Waals surface area contributed by atoms with Gasteiger partial charge in [-0.2, -0.15) is 5.10 Å². The highest BCUT2D eigenvalue weighted by Crippen LogP contribution is 2.20. The average Bonchev–Trinajstić information content (AvgIpc) is 2.84. The number of carbonyl (C=O) groups is 1. The Morgan fingerprint density at radius 1 is 1.55 bits per heavy atom. The molecule has 1 heterocycles. The first-order chi connectivity index (χ1) is 9.51. The summed E-state index contributed by atoms with van der Waals surface area (Å²) in [6.45, 7) is 3.52. The van der Waals surface area contributed by atoms with Crippen molar-refractivity contribution in [2.75, 3.05) is 27.7 Å². The number of nitrogens with two attached hydrogens (primary N) is 1. The molecule has 0 fully saturated rings. The maximum atomic E-state index is 12.5.